The normalized spacial score (nSPS) is 22.7. The zero-order chi connectivity index (χ0) is 9.14. The van der Waals surface area contributed by atoms with Gasteiger partial charge in [0.05, 0.1) is 0 Å². The fraction of sp³-hybridized carbons (Fsp3) is 0.714. The summed E-state index contributed by atoms with van der Waals surface area (Å²) in [6.45, 7) is 1.33. The van der Waals surface area contributed by atoms with Crippen LogP contribution in [0.4, 0.5) is 4.79 Å². The summed E-state index contributed by atoms with van der Waals surface area (Å²) in [6.07, 6.45) is 1.01. The van der Waals surface area contributed by atoms with Gasteiger partial charge >= 0.3 is 5.97 Å². The Bertz CT molecular complexity index is 207. The molecule has 1 atom stereocenters. The molecular formula is C7H12BNO3. The summed E-state index contributed by atoms with van der Waals surface area (Å²) in [5, 5.41) is 8.50. The second kappa shape index (κ2) is 3.60. The SMILES string of the molecule is BC(=O)N1CCC(CC(=O)O)C1. The first-order chi connectivity index (χ1) is 5.59. The fourth-order valence-corrected chi connectivity index (χ4v) is 1.53. The van der Waals surface area contributed by atoms with E-state index >= 15 is 0 Å². The van der Waals surface area contributed by atoms with Crippen molar-refractivity contribution in [1.29, 1.82) is 0 Å². The molecule has 1 fully saturated rings. The molecule has 0 saturated carbocycles. The van der Waals surface area contributed by atoms with Crippen LogP contribution in [-0.2, 0) is 4.79 Å². The lowest BCUT2D eigenvalue weighted by atomic mass is 10.1. The van der Waals surface area contributed by atoms with E-state index in [2.05, 4.69) is 0 Å². The lowest BCUT2D eigenvalue weighted by Crippen LogP contribution is -2.27. The maximum atomic E-state index is 10.9. The molecule has 0 aliphatic carbocycles. The second-order valence-electron chi connectivity index (χ2n) is 3.22. The van der Waals surface area contributed by atoms with E-state index in [1.807, 2.05) is 0 Å². The molecule has 0 aromatic heterocycles. The predicted molar refractivity (Wildman–Crippen MR) is 45.9 cm³/mol. The Morgan fingerprint density at radius 2 is 2.25 bits per heavy atom. The zero-order valence-electron chi connectivity index (χ0n) is 7.12. The summed E-state index contributed by atoms with van der Waals surface area (Å²) >= 11 is 0. The number of carbonyl (C=O) groups excluding carboxylic acids is 1. The Morgan fingerprint density at radius 3 is 2.67 bits per heavy atom. The monoisotopic (exact) mass is 169 g/mol. The summed E-state index contributed by atoms with van der Waals surface area (Å²) < 4.78 is 0. The lowest BCUT2D eigenvalue weighted by Gasteiger charge is -2.13. The molecule has 1 heterocycles. The minimum atomic E-state index is -0.773. The summed E-state index contributed by atoms with van der Waals surface area (Å²) in [7, 11) is 1.52. The van der Waals surface area contributed by atoms with Gasteiger partial charge in [-0.1, -0.05) is 0 Å². The average Bonchev–Trinajstić information content (AvgIpc) is 2.34. The number of carboxylic acids is 1. The van der Waals surface area contributed by atoms with Crippen molar-refractivity contribution >= 4 is 19.6 Å². The topological polar surface area (TPSA) is 57.6 Å². The Morgan fingerprint density at radius 1 is 1.58 bits per heavy atom. The van der Waals surface area contributed by atoms with E-state index < -0.39 is 5.97 Å². The fourth-order valence-electron chi connectivity index (χ4n) is 1.53. The molecule has 1 rings (SSSR count). The number of aliphatic carboxylic acids is 1. The van der Waals surface area contributed by atoms with Crippen LogP contribution in [0.2, 0.25) is 0 Å². The summed E-state index contributed by atoms with van der Waals surface area (Å²) in [5.74, 6) is -0.570. The van der Waals surface area contributed by atoms with E-state index in [1.54, 1.807) is 4.90 Å². The second-order valence-corrected chi connectivity index (χ2v) is 3.22. The standard InChI is InChI=1S/C7H12BNO3/c8-7(12)9-2-1-5(4-9)3-6(10)11/h5H,1-4,8H2,(H,10,11). The van der Waals surface area contributed by atoms with Crippen molar-refractivity contribution in [1.82, 2.24) is 4.90 Å². The predicted octanol–water partition coefficient (Wildman–Crippen LogP) is -0.464. The number of nitrogens with zero attached hydrogens (tertiary/aromatic N) is 1. The third-order valence-corrected chi connectivity index (χ3v) is 2.19. The van der Waals surface area contributed by atoms with Gasteiger partial charge in [-0.05, 0) is 12.3 Å². The van der Waals surface area contributed by atoms with Gasteiger partial charge in [-0.15, -0.1) is 0 Å². The molecule has 4 nitrogen and oxygen atoms in total. The molecule has 0 aromatic carbocycles. The Balaban J connectivity index is 2.35. The van der Waals surface area contributed by atoms with Gasteiger partial charge in [0, 0.05) is 19.5 Å². The van der Waals surface area contributed by atoms with E-state index in [-0.39, 0.29) is 18.1 Å². The first kappa shape index (κ1) is 9.10. The molecule has 1 aliphatic heterocycles. The molecule has 1 N–H and O–H groups in total. The van der Waals surface area contributed by atoms with Crippen LogP contribution in [0.1, 0.15) is 12.8 Å². The van der Waals surface area contributed by atoms with Crippen LogP contribution in [-0.4, -0.2) is 42.7 Å². The first-order valence-corrected chi connectivity index (χ1v) is 4.07. The molecule has 0 spiro atoms. The van der Waals surface area contributed by atoms with Crippen LogP contribution in [0, 0.1) is 5.92 Å². The molecule has 5 heteroatoms. The lowest BCUT2D eigenvalue weighted by molar-refractivity contribution is -0.138. The largest absolute Gasteiger partial charge is 0.481 e. The van der Waals surface area contributed by atoms with E-state index in [4.69, 9.17) is 5.11 Å². The molecule has 0 aromatic rings. The average molecular weight is 169 g/mol. The van der Waals surface area contributed by atoms with Crippen LogP contribution in [0.15, 0.2) is 0 Å². The van der Waals surface area contributed by atoms with Gasteiger partial charge in [0.15, 0.2) is 5.81 Å². The van der Waals surface area contributed by atoms with Crippen molar-refractivity contribution in [3.05, 3.63) is 0 Å². The van der Waals surface area contributed by atoms with Crippen molar-refractivity contribution in [2.75, 3.05) is 13.1 Å². The molecule has 12 heavy (non-hydrogen) atoms. The van der Waals surface area contributed by atoms with E-state index in [9.17, 15) is 9.59 Å². The molecule has 1 saturated heterocycles. The zero-order valence-corrected chi connectivity index (χ0v) is 7.12. The van der Waals surface area contributed by atoms with Crippen molar-refractivity contribution in [3.8, 4) is 0 Å². The van der Waals surface area contributed by atoms with E-state index in [0.29, 0.717) is 13.1 Å². The van der Waals surface area contributed by atoms with Crippen molar-refractivity contribution in [2.24, 2.45) is 5.92 Å². The van der Waals surface area contributed by atoms with E-state index in [0.717, 1.165) is 6.42 Å². The minimum absolute atomic E-state index is 0.0443. The minimum Gasteiger partial charge on any atom is -0.481 e. The maximum absolute atomic E-state index is 10.9. The molecule has 0 bridgehead atoms. The van der Waals surface area contributed by atoms with Crippen LogP contribution >= 0.6 is 0 Å². The number of likely N-dealkylation sites (tertiary alicyclic amines) is 1. The molecule has 66 valence electrons. The molecule has 1 unspecified atom stereocenters. The molecule has 1 amide bonds. The number of hydrogen-bond acceptors (Lipinski definition) is 2. The first-order valence-electron chi connectivity index (χ1n) is 4.07. The van der Waals surface area contributed by atoms with Crippen LogP contribution in [0.25, 0.3) is 0 Å². The summed E-state index contributed by atoms with van der Waals surface area (Å²) in [5.41, 5.74) is 0. The van der Waals surface area contributed by atoms with Gasteiger partial charge < -0.3 is 10.0 Å². The highest BCUT2D eigenvalue weighted by Gasteiger charge is 2.25. The number of carbonyl (C=O) groups is 2. The van der Waals surface area contributed by atoms with Gasteiger partial charge in [-0.3, -0.25) is 9.59 Å². The third-order valence-electron chi connectivity index (χ3n) is 2.19. The van der Waals surface area contributed by atoms with Crippen molar-refractivity contribution in [3.63, 3.8) is 0 Å². The Kier molecular flexibility index (Phi) is 2.73. The van der Waals surface area contributed by atoms with Gasteiger partial charge in [0.2, 0.25) is 7.85 Å². The third kappa shape index (κ3) is 2.25. The highest BCUT2D eigenvalue weighted by Crippen LogP contribution is 2.18. The summed E-state index contributed by atoms with van der Waals surface area (Å²) in [4.78, 5) is 22.9. The highest BCUT2D eigenvalue weighted by molar-refractivity contribution is 6.56. The number of carboxylic acid groups (broad SMARTS) is 1. The molecular weight excluding hydrogens is 157 g/mol. The maximum Gasteiger partial charge on any atom is 0.303 e. The molecule has 0 radical (unpaired) electrons. The smallest absolute Gasteiger partial charge is 0.303 e. The van der Waals surface area contributed by atoms with Crippen LogP contribution in [0.5, 0.6) is 0 Å². The van der Waals surface area contributed by atoms with Crippen LogP contribution in [0.3, 0.4) is 0 Å². The van der Waals surface area contributed by atoms with Crippen molar-refractivity contribution in [2.45, 2.75) is 12.8 Å². The highest BCUT2D eigenvalue weighted by atomic mass is 16.4. The van der Waals surface area contributed by atoms with Gasteiger partial charge in [0.1, 0.15) is 0 Å². The van der Waals surface area contributed by atoms with Gasteiger partial charge in [0.25, 0.3) is 0 Å². The quantitative estimate of drug-likeness (QED) is 0.568. The van der Waals surface area contributed by atoms with Crippen LogP contribution < -0.4 is 0 Å². The number of amides is 1. The Hall–Kier alpha value is -0.995. The molecule has 1 aliphatic rings. The Labute approximate surface area is 72.0 Å². The number of hydrogen-bond donors (Lipinski definition) is 1. The summed E-state index contributed by atoms with van der Waals surface area (Å²) in [6, 6.07) is 0. The van der Waals surface area contributed by atoms with Gasteiger partial charge in [-0.25, -0.2) is 0 Å². The van der Waals surface area contributed by atoms with E-state index in [1.165, 1.54) is 7.85 Å². The number of rotatable bonds is 2. The van der Waals surface area contributed by atoms with Gasteiger partial charge in [-0.2, -0.15) is 0 Å². The van der Waals surface area contributed by atoms with Crippen molar-refractivity contribution < 1.29 is 14.7 Å².